The molecule has 0 bridgehead atoms. The smallest absolute Gasteiger partial charge is 0.314 e. The van der Waals surface area contributed by atoms with Crippen molar-refractivity contribution >= 4 is 18.3 Å². The van der Waals surface area contributed by atoms with Gasteiger partial charge in [-0.3, -0.25) is 10.1 Å². The van der Waals surface area contributed by atoms with Crippen LogP contribution in [0.3, 0.4) is 0 Å². The minimum absolute atomic E-state index is 0.101. The lowest BCUT2D eigenvalue weighted by Gasteiger charge is -2.06. The van der Waals surface area contributed by atoms with Gasteiger partial charge in [0.05, 0.1) is 24.7 Å². The second-order valence-corrected chi connectivity index (χ2v) is 3.11. The third-order valence-electron chi connectivity index (χ3n) is 1.71. The number of hydrogen-bond donors (Lipinski definition) is 1. The van der Waals surface area contributed by atoms with Gasteiger partial charge in [-0.1, -0.05) is 0 Å². The van der Waals surface area contributed by atoms with Gasteiger partial charge >= 0.3 is 5.69 Å². The number of thiol groups is 1. The fraction of sp³-hybridized carbons (Fsp3) is 0.333. The lowest BCUT2D eigenvalue weighted by molar-refractivity contribution is -0.385. The molecule has 0 amide bonds. The third-order valence-corrected chi connectivity index (χ3v) is 1.89. The highest BCUT2D eigenvalue weighted by molar-refractivity contribution is 7.80. The molecule has 0 N–H and O–H groups in total. The van der Waals surface area contributed by atoms with Gasteiger partial charge in [0.25, 0.3) is 0 Å². The van der Waals surface area contributed by atoms with Crippen molar-refractivity contribution in [3.8, 4) is 11.5 Å². The number of benzene rings is 1. The van der Waals surface area contributed by atoms with Gasteiger partial charge in [-0.05, 0) is 12.1 Å². The number of ether oxygens (including phenoxy) is 2. The molecule has 0 aliphatic rings. The first kappa shape index (κ1) is 11.6. The Morgan fingerprint density at radius 2 is 2.27 bits per heavy atom. The molecule has 0 unspecified atom stereocenters. The number of nitro benzene ring substituents is 1. The quantitative estimate of drug-likeness (QED) is 0.476. The Labute approximate surface area is 92.6 Å². The number of methoxy groups -OCH3 is 1. The summed E-state index contributed by atoms with van der Waals surface area (Å²) in [6, 6.07) is 4.45. The van der Waals surface area contributed by atoms with E-state index in [0.717, 1.165) is 0 Å². The van der Waals surface area contributed by atoms with Gasteiger partial charge < -0.3 is 9.47 Å². The van der Waals surface area contributed by atoms with Crippen LogP contribution >= 0.6 is 12.6 Å². The van der Waals surface area contributed by atoms with Gasteiger partial charge in [-0.25, -0.2) is 0 Å². The molecule has 0 heterocycles. The summed E-state index contributed by atoms with van der Waals surface area (Å²) in [6.45, 7) is 0.330. The zero-order valence-corrected chi connectivity index (χ0v) is 9.07. The monoisotopic (exact) mass is 229 g/mol. The van der Waals surface area contributed by atoms with Crippen molar-refractivity contribution in [2.45, 2.75) is 0 Å². The number of rotatable bonds is 5. The summed E-state index contributed by atoms with van der Waals surface area (Å²) in [5, 5.41) is 10.7. The standard InChI is InChI=1S/C9H11NO4S/c1-13-7-2-3-9(14-4-5-15)8(6-7)10(11)12/h2-3,6,15H,4-5H2,1H3. The van der Waals surface area contributed by atoms with E-state index in [1.165, 1.54) is 19.2 Å². The van der Waals surface area contributed by atoms with E-state index >= 15 is 0 Å². The average Bonchev–Trinajstić information content (AvgIpc) is 2.26. The van der Waals surface area contributed by atoms with Crippen LogP contribution in [0.25, 0.3) is 0 Å². The molecule has 0 radical (unpaired) electrons. The van der Waals surface area contributed by atoms with Crippen molar-refractivity contribution in [1.82, 2.24) is 0 Å². The summed E-state index contributed by atoms with van der Waals surface area (Å²) >= 11 is 3.96. The molecule has 0 saturated heterocycles. The number of nitrogens with zero attached hydrogens (tertiary/aromatic N) is 1. The number of hydrogen-bond acceptors (Lipinski definition) is 5. The maximum Gasteiger partial charge on any atom is 0.314 e. The first-order chi connectivity index (χ1) is 7.19. The Morgan fingerprint density at radius 1 is 1.53 bits per heavy atom. The van der Waals surface area contributed by atoms with E-state index in [2.05, 4.69) is 12.6 Å². The largest absolute Gasteiger partial charge is 0.496 e. The fourth-order valence-corrected chi connectivity index (χ4v) is 1.14. The first-order valence-electron chi connectivity index (χ1n) is 4.25. The van der Waals surface area contributed by atoms with Crippen LogP contribution < -0.4 is 9.47 Å². The van der Waals surface area contributed by atoms with Crippen LogP contribution in [0.4, 0.5) is 5.69 Å². The van der Waals surface area contributed by atoms with Crippen LogP contribution in [0.2, 0.25) is 0 Å². The lowest BCUT2D eigenvalue weighted by Crippen LogP contribution is -2.01. The molecule has 1 aromatic rings. The molecule has 1 aromatic carbocycles. The van der Waals surface area contributed by atoms with Gasteiger partial charge in [0.1, 0.15) is 5.75 Å². The third kappa shape index (κ3) is 3.02. The summed E-state index contributed by atoms with van der Waals surface area (Å²) in [6.07, 6.45) is 0. The SMILES string of the molecule is COc1ccc(OCCS)c([N+](=O)[O-])c1. The molecule has 0 aromatic heterocycles. The molecule has 0 aliphatic heterocycles. The summed E-state index contributed by atoms with van der Waals surface area (Å²) in [5.41, 5.74) is -0.101. The normalized spacial score (nSPS) is 9.73. The van der Waals surface area contributed by atoms with Gasteiger partial charge in [-0.15, -0.1) is 0 Å². The van der Waals surface area contributed by atoms with Crippen molar-refractivity contribution in [2.24, 2.45) is 0 Å². The topological polar surface area (TPSA) is 61.6 Å². The summed E-state index contributed by atoms with van der Waals surface area (Å²) in [5.74, 6) is 1.16. The highest BCUT2D eigenvalue weighted by Crippen LogP contribution is 2.30. The summed E-state index contributed by atoms with van der Waals surface area (Å²) in [4.78, 5) is 10.2. The van der Waals surface area contributed by atoms with Crippen LogP contribution in [0, 0.1) is 10.1 Å². The maximum atomic E-state index is 10.7. The summed E-state index contributed by atoms with van der Waals surface area (Å²) in [7, 11) is 1.45. The van der Waals surface area contributed by atoms with E-state index in [4.69, 9.17) is 9.47 Å². The van der Waals surface area contributed by atoms with Crippen molar-refractivity contribution < 1.29 is 14.4 Å². The second-order valence-electron chi connectivity index (χ2n) is 2.66. The van der Waals surface area contributed by atoms with E-state index < -0.39 is 4.92 Å². The zero-order valence-electron chi connectivity index (χ0n) is 8.17. The van der Waals surface area contributed by atoms with E-state index in [1.807, 2.05) is 0 Å². The molecule has 0 atom stereocenters. The minimum atomic E-state index is -0.504. The molecular formula is C9H11NO4S. The van der Waals surface area contributed by atoms with Crippen molar-refractivity contribution in [1.29, 1.82) is 0 Å². The Bertz CT molecular complexity index is 356. The summed E-state index contributed by atoms with van der Waals surface area (Å²) < 4.78 is 10.1. The molecule has 0 fully saturated rings. The molecule has 82 valence electrons. The number of nitro groups is 1. The molecular weight excluding hydrogens is 218 g/mol. The van der Waals surface area contributed by atoms with Crippen molar-refractivity contribution in [3.63, 3.8) is 0 Å². The minimum Gasteiger partial charge on any atom is -0.496 e. The molecule has 1 rings (SSSR count). The van der Waals surface area contributed by atoms with E-state index in [9.17, 15) is 10.1 Å². The Morgan fingerprint density at radius 3 is 2.80 bits per heavy atom. The van der Waals surface area contributed by atoms with Crippen molar-refractivity contribution in [3.05, 3.63) is 28.3 Å². The van der Waals surface area contributed by atoms with Gasteiger partial charge in [0.15, 0.2) is 5.75 Å². The van der Waals surface area contributed by atoms with Gasteiger partial charge in [0.2, 0.25) is 0 Å². The fourth-order valence-electron chi connectivity index (χ4n) is 1.04. The average molecular weight is 229 g/mol. The van der Waals surface area contributed by atoms with E-state index in [-0.39, 0.29) is 11.4 Å². The molecule has 6 heteroatoms. The zero-order chi connectivity index (χ0) is 11.3. The second kappa shape index (κ2) is 5.45. The molecule has 0 spiro atoms. The first-order valence-corrected chi connectivity index (χ1v) is 4.88. The highest BCUT2D eigenvalue weighted by atomic mass is 32.1. The predicted molar refractivity (Wildman–Crippen MR) is 59.0 cm³/mol. The van der Waals surface area contributed by atoms with Crippen LogP contribution in [-0.4, -0.2) is 24.4 Å². The van der Waals surface area contributed by atoms with E-state index in [0.29, 0.717) is 18.1 Å². The lowest BCUT2D eigenvalue weighted by atomic mass is 10.3. The van der Waals surface area contributed by atoms with Gasteiger partial charge in [-0.2, -0.15) is 12.6 Å². The molecule has 0 aliphatic carbocycles. The highest BCUT2D eigenvalue weighted by Gasteiger charge is 2.15. The van der Waals surface area contributed by atoms with Gasteiger partial charge in [0, 0.05) is 5.75 Å². The maximum absolute atomic E-state index is 10.7. The molecule has 5 nitrogen and oxygen atoms in total. The Hall–Kier alpha value is -1.43. The van der Waals surface area contributed by atoms with Crippen LogP contribution in [0.1, 0.15) is 0 Å². The van der Waals surface area contributed by atoms with Crippen molar-refractivity contribution in [2.75, 3.05) is 19.5 Å². The predicted octanol–water partition coefficient (Wildman–Crippen LogP) is 1.91. The molecule has 0 saturated carbocycles. The Balaban J connectivity index is 2.98. The van der Waals surface area contributed by atoms with Crippen LogP contribution in [0.5, 0.6) is 11.5 Å². The van der Waals surface area contributed by atoms with Crippen LogP contribution in [-0.2, 0) is 0 Å². The van der Waals surface area contributed by atoms with Crippen LogP contribution in [0.15, 0.2) is 18.2 Å². The van der Waals surface area contributed by atoms with E-state index in [1.54, 1.807) is 6.07 Å². The molecule has 15 heavy (non-hydrogen) atoms. The Kier molecular flexibility index (Phi) is 4.23.